The molecule has 0 aliphatic carbocycles. The zero-order valence-corrected chi connectivity index (χ0v) is 7.88. The summed E-state index contributed by atoms with van der Waals surface area (Å²) < 4.78 is 0. The first-order chi connectivity index (χ1) is 7.18. The SMILES string of the molecule is Oc1ccc(-c2cccc(O)c2O)cc1. The van der Waals surface area contributed by atoms with Gasteiger partial charge in [0.2, 0.25) is 0 Å². The fourth-order valence-corrected chi connectivity index (χ4v) is 1.41. The maximum Gasteiger partial charge on any atom is 0.165 e. The third kappa shape index (κ3) is 1.72. The molecule has 2 rings (SSSR count). The van der Waals surface area contributed by atoms with E-state index in [1.165, 1.54) is 18.2 Å². The first-order valence-electron chi connectivity index (χ1n) is 4.49. The molecule has 3 N–H and O–H groups in total. The highest BCUT2D eigenvalue weighted by Gasteiger charge is 2.07. The molecular weight excluding hydrogens is 192 g/mol. The molecule has 2 aromatic carbocycles. The van der Waals surface area contributed by atoms with Crippen LogP contribution in [0.5, 0.6) is 17.2 Å². The van der Waals surface area contributed by atoms with E-state index in [4.69, 9.17) is 5.11 Å². The number of phenolic OH excluding ortho intramolecular Hbond substituents is 3. The second kappa shape index (κ2) is 3.53. The third-order valence-electron chi connectivity index (χ3n) is 2.19. The Kier molecular flexibility index (Phi) is 2.21. The molecule has 76 valence electrons. The van der Waals surface area contributed by atoms with E-state index in [1.54, 1.807) is 24.3 Å². The molecule has 0 fully saturated rings. The van der Waals surface area contributed by atoms with Gasteiger partial charge in [-0.2, -0.15) is 0 Å². The van der Waals surface area contributed by atoms with Crippen molar-refractivity contribution >= 4 is 0 Å². The Morgan fingerprint density at radius 3 is 2.07 bits per heavy atom. The van der Waals surface area contributed by atoms with Gasteiger partial charge >= 0.3 is 0 Å². The van der Waals surface area contributed by atoms with Crippen molar-refractivity contribution in [1.82, 2.24) is 0 Å². The summed E-state index contributed by atoms with van der Waals surface area (Å²) in [6, 6.07) is 11.2. The van der Waals surface area contributed by atoms with Crippen molar-refractivity contribution in [1.29, 1.82) is 0 Å². The molecule has 0 spiro atoms. The van der Waals surface area contributed by atoms with E-state index >= 15 is 0 Å². The van der Waals surface area contributed by atoms with Gasteiger partial charge in [-0.15, -0.1) is 0 Å². The molecular formula is C12H10O3. The summed E-state index contributed by atoms with van der Waals surface area (Å²) in [6.07, 6.45) is 0. The van der Waals surface area contributed by atoms with Crippen LogP contribution in [0, 0.1) is 0 Å². The van der Waals surface area contributed by atoms with Crippen LogP contribution in [-0.2, 0) is 0 Å². The van der Waals surface area contributed by atoms with Crippen LogP contribution in [-0.4, -0.2) is 15.3 Å². The molecule has 0 saturated carbocycles. The molecule has 15 heavy (non-hydrogen) atoms. The van der Waals surface area contributed by atoms with Gasteiger partial charge in [-0.1, -0.05) is 24.3 Å². The van der Waals surface area contributed by atoms with Crippen LogP contribution in [0.4, 0.5) is 0 Å². The highest BCUT2D eigenvalue weighted by Crippen LogP contribution is 2.36. The molecule has 3 nitrogen and oxygen atoms in total. The monoisotopic (exact) mass is 202 g/mol. The summed E-state index contributed by atoms with van der Waals surface area (Å²) in [5, 5.41) is 28.0. The largest absolute Gasteiger partial charge is 0.508 e. The average molecular weight is 202 g/mol. The van der Waals surface area contributed by atoms with Crippen molar-refractivity contribution in [2.24, 2.45) is 0 Å². The summed E-state index contributed by atoms with van der Waals surface area (Å²) in [5.41, 5.74) is 1.27. The lowest BCUT2D eigenvalue weighted by Gasteiger charge is -2.05. The van der Waals surface area contributed by atoms with Crippen molar-refractivity contribution in [2.45, 2.75) is 0 Å². The maximum atomic E-state index is 9.61. The lowest BCUT2D eigenvalue weighted by atomic mass is 10.0. The fourth-order valence-electron chi connectivity index (χ4n) is 1.41. The van der Waals surface area contributed by atoms with Crippen molar-refractivity contribution in [3.63, 3.8) is 0 Å². The van der Waals surface area contributed by atoms with Crippen LogP contribution in [0.1, 0.15) is 0 Å². The fraction of sp³-hybridized carbons (Fsp3) is 0. The average Bonchev–Trinajstić information content (AvgIpc) is 2.24. The standard InChI is InChI=1S/C12H10O3/c13-9-6-4-8(5-7-9)10-2-1-3-11(14)12(10)15/h1-7,13-15H. The van der Waals surface area contributed by atoms with Gasteiger partial charge in [-0.3, -0.25) is 0 Å². The van der Waals surface area contributed by atoms with E-state index in [0.29, 0.717) is 5.56 Å². The Morgan fingerprint density at radius 2 is 1.40 bits per heavy atom. The predicted octanol–water partition coefficient (Wildman–Crippen LogP) is 2.47. The van der Waals surface area contributed by atoms with Crippen LogP contribution in [0.3, 0.4) is 0 Å². The Labute approximate surface area is 86.9 Å². The second-order valence-electron chi connectivity index (χ2n) is 3.22. The van der Waals surface area contributed by atoms with Gasteiger partial charge < -0.3 is 15.3 Å². The van der Waals surface area contributed by atoms with Crippen LogP contribution < -0.4 is 0 Å². The number of para-hydroxylation sites is 1. The minimum Gasteiger partial charge on any atom is -0.508 e. The number of hydrogen-bond donors (Lipinski definition) is 3. The third-order valence-corrected chi connectivity index (χ3v) is 2.19. The van der Waals surface area contributed by atoms with Crippen molar-refractivity contribution in [3.8, 4) is 28.4 Å². The number of aromatic hydroxyl groups is 3. The Bertz CT molecular complexity index is 475. The zero-order valence-electron chi connectivity index (χ0n) is 7.88. The zero-order chi connectivity index (χ0) is 10.8. The smallest absolute Gasteiger partial charge is 0.165 e. The number of hydrogen-bond acceptors (Lipinski definition) is 3. The quantitative estimate of drug-likeness (QED) is 0.622. The van der Waals surface area contributed by atoms with Crippen molar-refractivity contribution < 1.29 is 15.3 Å². The molecule has 0 radical (unpaired) electrons. The lowest BCUT2D eigenvalue weighted by molar-refractivity contribution is 0.405. The molecule has 3 heteroatoms. The molecule has 0 aliphatic heterocycles. The van der Waals surface area contributed by atoms with Crippen molar-refractivity contribution in [3.05, 3.63) is 42.5 Å². The van der Waals surface area contributed by atoms with E-state index in [-0.39, 0.29) is 17.2 Å². The predicted molar refractivity (Wildman–Crippen MR) is 56.9 cm³/mol. The first-order valence-corrected chi connectivity index (χ1v) is 4.49. The Balaban J connectivity index is 2.54. The van der Waals surface area contributed by atoms with Crippen molar-refractivity contribution in [2.75, 3.05) is 0 Å². The number of rotatable bonds is 1. The van der Waals surface area contributed by atoms with Gasteiger partial charge in [0.05, 0.1) is 0 Å². The summed E-state index contributed by atoms with van der Waals surface area (Å²) in [5.74, 6) is -0.137. The van der Waals surface area contributed by atoms with Crippen LogP contribution in [0.2, 0.25) is 0 Å². The summed E-state index contributed by atoms with van der Waals surface area (Å²) in [7, 11) is 0. The normalized spacial score (nSPS) is 10.1. The molecule has 0 saturated heterocycles. The van der Waals surface area contributed by atoms with E-state index < -0.39 is 0 Å². The number of benzene rings is 2. The van der Waals surface area contributed by atoms with Crippen LogP contribution >= 0.6 is 0 Å². The van der Waals surface area contributed by atoms with Gasteiger partial charge in [0.25, 0.3) is 0 Å². The highest BCUT2D eigenvalue weighted by molar-refractivity contribution is 5.73. The lowest BCUT2D eigenvalue weighted by Crippen LogP contribution is -1.79. The second-order valence-corrected chi connectivity index (χ2v) is 3.22. The molecule has 0 aliphatic rings. The van der Waals surface area contributed by atoms with E-state index in [0.717, 1.165) is 5.56 Å². The molecule has 0 unspecified atom stereocenters. The minimum atomic E-state index is -0.152. The summed E-state index contributed by atoms with van der Waals surface area (Å²) in [4.78, 5) is 0. The van der Waals surface area contributed by atoms with Gasteiger partial charge in [0, 0.05) is 5.56 Å². The van der Waals surface area contributed by atoms with Crippen LogP contribution in [0.25, 0.3) is 11.1 Å². The van der Waals surface area contributed by atoms with E-state index in [2.05, 4.69) is 0 Å². The van der Waals surface area contributed by atoms with Gasteiger partial charge in [-0.05, 0) is 23.8 Å². The van der Waals surface area contributed by atoms with E-state index in [1.807, 2.05) is 0 Å². The molecule has 0 heterocycles. The molecule has 0 amide bonds. The highest BCUT2D eigenvalue weighted by atomic mass is 16.3. The topological polar surface area (TPSA) is 60.7 Å². The van der Waals surface area contributed by atoms with Gasteiger partial charge in [-0.25, -0.2) is 0 Å². The van der Waals surface area contributed by atoms with E-state index in [9.17, 15) is 10.2 Å². The van der Waals surface area contributed by atoms with Gasteiger partial charge in [0.1, 0.15) is 5.75 Å². The Morgan fingerprint density at radius 1 is 0.733 bits per heavy atom. The maximum absolute atomic E-state index is 9.61. The first kappa shape index (κ1) is 9.40. The molecule has 0 aromatic heterocycles. The van der Waals surface area contributed by atoms with Gasteiger partial charge in [0.15, 0.2) is 11.5 Å². The van der Waals surface area contributed by atoms with Crippen LogP contribution in [0.15, 0.2) is 42.5 Å². The minimum absolute atomic E-state index is 0.150. The Hall–Kier alpha value is -2.16. The molecule has 0 atom stereocenters. The molecule has 0 bridgehead atoms. The molecule has 2 aromatic rings. The number of phenols is 3. The summed E-state index contributed by atoms with van der Waals surface area (Å²) in [6.45, 7) is 0. The summed E-state index contributed by atoms with van der Waals surface area (Å²) >= 11 is 0.